The summed E-state index contributed by atoms with van der Waals surface area (Å²) < 4.78 is 1.51. The van der Waals surface area contributed by atoms with E-state index < -0.39 is 11.9 Å². The van der Waals surface area contributed by atoms with Crippen LogP contribution in [-0.4, -0.2) is 21.9 Å². The van der Waals surface area contributed by atoms with Gasteiger partial charge in [-0.05, 0) is 42.5 Å². The van der Waals surface area contributed by atoms with Crippen LogP contribution in [0.1, 0.15) is 28.3 Å². The molecule has 2 aliphatic rings. The van der Waals surface area contributed by atoms with E-state index >= 15 is 0 Å². The maximum atomic E-state index is 13.1. The van der Waals surface area contributed by atoms with E-state index in [4.69, 9.17) is 4.98 Å². The van der Waals surface area contributed by atoms with Crippen molar-refractivity contribution in [2.24, 2.45) is 5.92 Å². The molecule has 6 heteroatoms. The molecule has 0 amide bonds. The van der Waals surface area contributed by atoms with E-state index in [1.54, 1.807) is 12.3 Å². The van der Waals surface area contributed by atoms with Gasteiger partial charge in [0.1, 0.15) is 11.5 Å². The SMILES string of the molecule is Cc1cccn2c(=O)c3c(nc12)N1CCc2ccccc2[C@@H]1[C@@H](C(=O)[O-])C3. The first-order chi connectivity index (χ1) is 13.1. The Hall–Kier alpha value is -3.15. The number of carboxylic acid groups (broad SMARTS) is 1. The molecule has 0 spiro atoms. The molecule has 136 valence electrons. The molecule has 0 aliphatic carbocycles. The number of anilines is 1. The quantitative estimate of drug-likeness (QED) is 0.648. The fourth-order valence-corrected chi connectivity index (χ4v) is 4.55. The molecule has 1 aromatic carbocycles. The molecular weight excluding hydrogens is 342 g/mol. The fraction of sp³-hybridized carbons (Fsp3) is 0.286. The zero-order valence-electron chi connectivity index (χ0n) is 14.9. The van der Waals surface area contributed by atoms with Crippen LogP contribution in [0.5, 0.6) is 0 Å². The number of rotatable bonds is 1. The predicted molar refractivity (Wildman–Crippen MR) is 98.6 cm³/mol. The van der Waals surface area contributed by atoms with Crippen molar-refractivity contribution in [2.45, 2.75) is 25.8 Å². The smallest absolute Gasteiger partial charge is 0.263 e. The van der Waals surface area contributed by atoms with Gasteiger partial charge in [-0.15, -0.1) is 0 Å². The van der Waals surface area contributed by atoms with Crippen molar-refractivity contribution in [1.29, 1.82) is 0 Å². The number of pyridine rings is 1. The Balaban J connectivity index is 1.80. The third-order valence-electron chi connectivity index (χ3n) is 5.83. The van der Waals surface area contributed by atoms with Crippen LogP contribution < -0.4 is 15.6 Å². The van der Waals surface area contributed by atoms with Crippen LogP contribution in [0.4, 0.5) is 5.82 Å². The topological polar surface area (TPSA) is 77.7 Å². The first-order valence-corrected chi connectivity index (χ1v) is 9.12. The molecule has 2 aliphatic heterocycles. The van der Waals surface area contributed by atoms with Gasteiger partial charge in [-0.2, -0.15) is 0 Å². The number of aromatic nitrogens is 2. The number of carbonyl (C=O) groups excluding carboxylic acids is 1. The summed E-state index contributed by atoms with van der Waals surface area (Å²) in [5, 5.41) is 12.0. The molecule has 0 saturated carbocycles. The first-order valence-electron chi connectivity index (χ1n) is 9.12. The standard InChI is InChI=1S/C21H19N3O3/c1-12-5-4-9-24-18(12)22-19-16(20(24)25)11-15(21(26)27)17-14-7-3-2-6-13(14)8-10-23(17)19/h2-7,9,15,17H,8,10-11H2,1H3,(H,26,27)/p-1/t15-,17+/m0/s1. The lowest BCUT2D eigenvalue weighted by Gasteiger charge is -2.46. The Morgan fingerprint density at radius 1 is 1.22 bits per heavy atom. The highest BCUT2D eigenvalue weighted by molar-refractivity contribution is 5.74. The molecule has 0 bridgehead atoms. The van der Waals surface area contributed by atoms with Crippen LogP contribution in [-0.2, 0) is 17.6 Å². The molecule has 0 unspecified atom stereocenters. The van der Waals surface area contributed by atoms with Crippen molar-refractivity contribution >= 4 is 17.4 Å². The van der Waals surface area contributed by atoms with Crippen molar-refractivity contribution in [1.82, 2.24) is 9.38 Å². The van der Waals surface area contributed by atoms with Crippen molar-refractivity contribution in [3.8, 4) is 0 Å². The van der Waals surface area contributed by atoms with Crippen LogP contribution in [0.2, 0.25) is 0 Å². The van der Waals surface area contributed by atoms with Crippen molar-refractivity contribution < 1.29 is 9.90 Å². The molecule has 0 radical (unpaired) electrons. The highest BCUT2D eigenvalue weighted by atomic mass is 16.4. The number of nitrogens with zero attached hydrogens (tertiary/aromatic N) is 3. The molecule has 4 heterocycles. The summed E-state index contributed by atoms with van der Waals surface area (Å²) in [5.41, 5.74) is 3.95. The Kier molecular flexibility index (Phi) is 3.37. The molecule has 6 nitrogen and oxygen atoms in total. The van der Waals surface area contributed by atoms with E-state index in [9.17, 15) is 14.7 Å². The summed E-state index contributed by atoms with van der Waals surface area (Å²) in [6.07, 6.45) is 2.61. The average molecular weight is 360 g/mol. The summed E-state index contributed by atoms with van der Waals surface area (Å²) >= 11 is 0. The van der Waals surface area contributed by atoms with E-state index in [0.717, 1.165) is 23.1 Å². The highest BCUT2D eigenvalue weighted by Gasteiger charge is 2.41. The van der Waals surface area contributed by atoms with Crippen LogP contribution in [0.3, 0.4) is 0 Å². The van der Waals surface area contributed by atoms with Gasteiger partial charge in [0.15, 0.2) is 0 Å². The summed E-state index contributed by atoms with van der Waals surface area (Å²) in [7, 11) is 0. The maximum absolute atomic E-state index is 13.1. The summed E-state index contributed by atoms with van der Waals surface area (Å²) in [6.45, 7) is 2.55. The monoisotopic (exact) mass is 360 g/mol. The number of hydrogen-bond donors (Lipinski definition) is 0. The van der Waals surface area contributed by atoms with Gasteiger partial charge in [0.05, 0.1) is 11.6 Å². The second-order valence-corrected chi connectivity index (χ2v) is 7.32. The number of fused-ring (bicyclic) bond motifs is 6. The van der Waals surface area contributed by atoms with Gasteiger partial charge in [0.2, 0.25) is 0 Å². The summed E-state index contributed by atoms with van der Waals surface area (Å²) in [4.78, 5) is 31.9. The summed E-state index contributed by atoms with van der Waals surface area (Å²) in [5.74, 6) is -1.29. The van der Waals surface area contributed by atoms with Crippen LogP contribution >= 0.6 is 0 Å². The Morgan fingerprint density at radius 3 is 2.85 bits per heavy atom. The molecular formula is C21H18N3O3-. The summed E-state index contributed by atoms with van der Waals surface area (Å²) in [6, 6.07) is 11.3. The van der Waals surface area contributed by atoms with Gasteiger partial charge in [0, 0.05) is 24.6 Å². The molecule has 27 heavy (non-hydrogen) atoms. The zero-order valence-corrected chi connectivity index (χ0v) is 14.9. The Bertz CT molecular complexity index is 1150. The van der Waals surface area contributed by atoms with E-state index in [-0.39, 0.29) is 18.0 Å². The van der Waals surface area contributed by atoms with Crippen LogP contribution in [0.25, 0.3) is 5.65 Å². The van der Waals surface area contributed by atoms with Gasteiger partial charge < -0.3 is 14.8 Å². The molecule has 3 aromatic rings. The maximum Gasteiger partial charge on any atom is 0.263 e. The lowest BCUT2D eigenvalue weighted by molar-refractivity contribution is -0.312. The van der Waals surface area contributed by atoms with Crippen molar-refractivity contribution in [2.75, 3.05) is 11.4 Å². The number of benzene rings is 1. The average Bonchev–Trinajstić information content (AvgIpc) is 2.68. The number of aryl methyl sites for hydroxylation is 1. The molecule has 0 saturated heterocycles. The third kappa shape index (κ3) is 2.22. The number of carboxylic acids is 1. The second kappa shape index (κ2) is 5.67. The van der Waals surface area contributed by atoms with Gasteiger partial charge >= 0.3 is 0 Å². The number of aliphatic carboxylic acids is 1. The minimum atomic E-state index is -1.12. The largest absolute Gasteiger partial charge is 0.550 e. The molecule has 0 fully saturated rings. The highest BCUT2D eigenvalue weighted by Crippen LogP contribution is 2.43. The van der Waals surface area contributed by atoms with Crippen LogP contribution in [0.15, 0.2) is 47.4 Å². The molecule has 2 atom stereocenters. The Labute approximate surface area is 155 Å². The Morgan fingerprint density at radius 2 is 2.04 bits per heavy atom. The van der Waals surface area contributed by atoms with Gasteiger partial charge in [0.25, 0.3) is 5.56 Å². The van der Waals surface area contributed by atoms with E-state index in [0.29, 0.717) is 23.6 Å². The number of hydrogen-bond acceptors (Lipinski definition) is 5. The molecule has 2 aromatic heterocycles. The number of carbonyl (C=O) groups is 1. The minimum absolute atomic E-state index is 0.135. The lowest BCUT2D eigenvalue weighted by Crippen LogP contribution is -2.51. The minimum Gasteiger partial charge on any atom is -0.550 e. The van der Waals surface area contributed by atoms with E-state index in [1.807, 2.05) is 42.2 Å². The normalized spacial score (nSPS) is 20.7. The van der Waals surface area contributed by atoms with Crippen molar-refractivity contribution in [3.63, 3.8) is 0 Å². The zero-order chi connectivity index (χ0) is 18.7. The fourth-order valence-electron chi connectivity index (χ4n) is 4.55. The second-order valence-electron chi connectivity index (χ2n) is 7.32. The van der Waals surface area contributed by atoms with Crippen LogP contribution in [0, 0.1) is 12.8 Å². The third-order valence-corrected chi connectivity index (χ3v) is 5.83. The lowest BCUT2D eigenvalue weighted by atomic mass is 9.79. The van der Waals surface area contributed by atoms with E-state index in [2.05, 4.69) is 0 Å². The molecule has 5 rings (SSSR count). The predicted octanol–water partition coefficient (Wildman–Crippen LogP) is 1.03. The van der Waals surface area contributed by atoms with Gasteiger partial charge in [-0.3, -0.25) is 9.20 Å². The van der Waals surface area contributed by atoms with E-state index in [1.165, 1.54) is 4.40 Å². The van der Waals surface area contributed by atoms with Gasteiger partial charge in [-0.25, -0.2) is 4.98 Å². The van der Waals surface area contributed by atoms with Crippen molar-refractivity contribution in [3.05, 3.63) is 75.2 Å². The first kappa shape index (κ1) is 16.1. The molecule has 0 N–H and O–H groups in total. The van der Waals surface area contributed by atoms with Gasteiger partial charge in [-0.1, -0.05) is 30.3 Å².